The lowest BCUT2D eigenvalue weighted by molar-refractivity contribution is -0.120. The SMILES string of the molecule is C=CCNC(=O)Cc1csc(-c2ccc(Cl)cc2)n1. The first kappa shape index (κ1) is 13.8. The lowest BCUT2D eigenvalue weighted by Gasteiger charge is -1.99. The van der Waals surface area contributed by atoms with Gasteiger partial charge in [0.25, 0.3) is 0 Å². The molecular weight excluding hydrogens is 280 g/mol. The third-order valence-corrected chi connectivity index (χ3v) is 3.62. The molecule has 0 bridgehead atoms. The van der Waals surface area contributed by atoms with E-state index in [4.69, 9.17) is 11.6 Å². The van der Waals surface area contributed by atoms with Crippen molar-refractivity contribution in [1.29, 1.82) is 0 Å². The summed E-state index contributed by atoms with van der Waals surface area (Å²) in [4.78, 5) is 16.0. The van der Waals surface area contributed by atoms with Gasteiger partial charge >= 0.3 is 0 Å². The quantitative estimate of drug-likeness (QED) is 0.859. The van der Waals surface area contributed by atoms with Crippen molar-refractivity contribution in [3.05, 3.63) is 53.0 Å². The minimum absolute atomic E-state index is 0.0483. The topological polar surface area (TPSA) is 42.0 Å². The fraction of sp³-hybridized carbons (Fsp3) is 0.143. The van der Waals surface area contributed by atoms with Gasteiger partial charge < -0.3 is 5.32 Å². The zero-order valence-corrected chi connectivity index (χ0v) is 11.8. The molecule has 19 heavy (non-hydrogen) atoms. The maximum Gasteiger partial charge on any atom is 0.226 e. The fourth-order valence-electron chi connectivity index (χ4n) is 1.53. The Balaban J connectivity index is 2.04. The van der Waals surface area contributed by atoms with E-state index < -0.39 is 0 Å². The van der Waals surface area contributed by atoms with E-state index in [1.807, 2.05) is 29.6 Å². The molecular formula is C14H13ClN2OS. The number of nitrogens with zero attached hydrogens (tertiary/aromatic N) is 1. The van der Waals surface area contributed by atoms with Crippen LogP contribution in [-0.2, 0) is 11.2 Å². The largest absolute Gasteiger partial charge is 0.352 e. The molecule has 0 aliphatic rings. The first-order chi connectivity index (χ1) is 9.19. The van der Waals surface area contributed by atoms with E-state index in [0.717, 1.165) is 16.3 Å². The number of hydrogen-bond acceptors (Lipinski definition) is 3. The van der Waals surface area contributed by atoms with Crippen molar-refractivity contribution in [3.63, 3.8) is 0 Å². The summed E-state index contributed by atoms with van der Waals surface area (Å²) < 4.78 is 0. The van der Waals surface area contributed by atoms with Crippen LogP contribution in [0.25, 0.3) is 10.6 Å². The molecule has 0 spiro atoms. The number of carbonyl (C=O) groups is 1. The molecule has 0 radical (unpaired) electrons. The number of carbonyl (C=O) groups excluding carboxylic acids is 1. The van der Waals surface area contributed by atoms with Crippen LogP contribution >= 0.6 is 22.9 Å². The predicted octanol–water partition coefficient (Wildman–Crippen LogP) is 3.31. The first-order valence-electron chi connectivity index (χ1n) is 5.77. The Kier molecular flexibility index (Phi) is 4.71. The molecule has 0 atom stereocenters. The van der Waals surface area contributed by atoms with Gasteiger partial charge in [0.15, 0.2) is 0 Å². The number of hydrogen-bond donors (Lipinski definition) is 1. The molecule has 2 rings (SSSR count). The van der Waals surface area contributed by atoms with Crippen LogP contribution in [0.4, 0.5) is 0 Å². The van der Waals surface area contributed by atoms with Gasteiger partial charge in [-0.3, -0.25) is 4.79 Å². The van der Waals surface area contributed by atoms with Crippen LogP contribution in [0.2, 0.25) is 5.02 Å². The summed E-state index contributed by atoms with van der Waals surface area (Å²) >= 11 is 7.36. The second-order valence-corrected chi connectivity index (χ2v) is 5.21. The molecule has 0 unspecified atom stereocenters. The number of aromatic nitrogens is 1. The lowest BCUT2D eigenvalue weighted by atomic mass is 10.2. The van der Waals surface area contributed by atoms with Crippen molar-refractivity contribution in [2.45, 2.75) is 6.42 Å². The van der Waals surface area contributed by atoms with E-state index in [2.05, 4.69) is 16.9 Å². The van der Waals surface area contributed by atoms with Gasteiger partial charge in [-0.25, -0.2) is 4.98 Å². The summed E-state index contributed by atoms with van der Waals surface area (Å²) in [7, 11) is 0. The molecule has 1 aromatic heterocycles. The summed E-state index contributed by atoms with van der Waals surface area (Å²) in [5.74, 6) is -0.0483. The summed E-state index contributed by atoms with van der Waals surface area (Å²) in [6.07, 6.45) is 1.94. The average Bonchev–Trinajstić information content (AvgIpc) is 2.85. The van der Waals surface area contributed by atoms with Gasteiger partial charge in [0.2, 0.25) is 5.91 Å². The zero-order chi connectivity index (χ0) is 13.7. The van der Waals surface area contributed by atoms with Crippen LogP contribution in [0.15, 0.2) is 42.3 Å². The Hall–Kier alpha value is -1.65. The summed E-state index contributed by atoms with van der Waals surface area (Å²) in [6, 6.07) is 7.50. The highest BCUT2D eigenvalue weighted by Crippen LogP contribution is 2.25. The number of amides is 1. The van der Waals surface area contributed by atoms with Gasteiger partial charge in [-0.05, 0) is 12.1 Å². The van der Waals surface area contributed by atoms with Gasteiger partial charge in [-0.2, -0.15) is 0 Å². The Morgan fingerprint density at radius 2 is 2.16 bits per heavy atom. The van der Waals surface area contributed by atoms with Gasteiger partial charge in [0.05, 0.1) is 12.1 Å². The minimum atomic E-state index is -0.0483. The van der Waals surface area contributed by atoms with E-state index in [0.29, 0.717) is 11.6 Å². The molecule has 1 amide bonds. The number of thiazole rings is 1. The third-order valence-electron chi connectivity index (χ3n) is 2.43. The number of halogens is 1. The van der Waals surface area contributed by atoms with Crippen LogP contribution in [0.1, 0.15) is 5.69 Å². The van der Waals surface area contributed by atoms with Crippen LogP contribution in [0, 0.1) is 0 Å². The number of nitrogens with one attached hydrogen (secondary N) is 1. The second-order valence-electron chi connectivity index (χ2n) is 3.92. The summed E-state index contributed by atoms with van der Waals surface area (Å²) in [5, 5.41) is 6.22. The highest BCUT2D eigenvalue weighted by atomic mass is 35.5. The molecule has 0 aliphatic heterocycles. The summed E-state index contributed by atoms with van der Waals surface area (Å²) in [6.45, 7) is 4.03. The van der Waals surface area contributed by atoms with E-state index in [9.17, 15) is 4.79 Å². The molecule has 2 aromatic rings. The van der Waals surface area contributed by atoms with Crippen molar-refractivity contribution in [1.82, 2.24) is 10.3 Å². The highest BCUT2D eigenvalue weighted by Gasteiger charge is 2.08. The van der Waals surface area contributed by atoms with Gasteiger partial charge in [0.1, 0.15) is 5.01 Å². The van der Waals surface area contributed by atoms with Gasteiger partial charge in [0, 0.05) is 22.5 Å². The molecule has 0 aliphatic carbocycles. The number of benzene rings is 1. The first-order valence-corrected chi connectivity index (χ1v) is 7.02. The summed E-state index contributed by atoms with van der Waals surface area (Å²) in [5.41, 5.74) is 1.78. The van der Waals surface area contributed by atoms with Gasteiger partial charge in [-0.15, -0.1) is 17.9 Å². The second kappa shape index (κ2) is 6.50. The van der Waals surface area contributed by atoms with Crippen LogP contribution < -0.4 is 5.32 Å². The standard InChI is InChI=1S/C14H13ClN2OS/c1-2-7-16-13(18)8-12-9-19-14(17-12)10-3-5-11(15)6-4-10/h2-6,9H,1,7-8H2,(H,16,18). The molecule has 1 heterocycles. The molecule has 98 valence electrons. The fourth-order valence-corrected chi connectivity index (χ4v) is 2.48. The highest BCUT2D eigenvalue weighted by molar-refractivity contribution is 7.13. The third kappa shape index (κ3) is 3.91. The minimum Gasteiger partial charge on any atom is -0.352 e. The van der Waals surface area contributed by atoms with E-state index in [1.165, 1.54) is 11.3 Å². The number of rotatable bonds is 5. The zero-order valence-electron chi connectivity index (χ0n) is 10.2. The lowest BCUT2D eigenvalue weighted by Crippen LogP contribution is -2.25. The molecule has 5 heteroatoms. The predicted molar refractivity (Wildman–Crippen MR) is 79.5 cm³/mol. The monoisotopic (exact) mass is 292 g/mol. The van der Waals surface area contributed by atoms with E-state index >= 15 is 0 Å². The van der Waals surface area contributed by atoms with Crippen molar-refractivity contribution in [3.8, 4) is 10.6 Å². The van der Waals surface area contributed by atoms with Crippen molar-refractivity contribution < 1.29 is 4.79 Å². The van der Waals surface area contributed by atoms with Crippen molar-refractivity contribution in [2.75, 3.05) is 6.54 Å². The average molecular weight is 293 g/mol. The normalized spacial score (nSPS) is 10.2. The molecule has 3 nitrogen and oxygen atoms in total. The van der Waals surface area contributed by atoms with Gasteiger partial charge in [-0.1, -0.05) is 29.8 Å². The molecule has 1 aromatic carbocycles. The Labute approximate surface area is 120 Å². The maximum absolute atomic E-state index is 11.6. The van der Waals surface area contributed by atoms with Crippen LogP contribution in [-0.4, -0.2) is 17.4 Å². The van der Waals surface area contributed by atoms with Crippen molar-refractivity contribution in [2.24, 2.45) is 0 Å². The van der Waals surface area contributed by atoms with E-state index in [-0.39, 0.29) is 12.3 Å². The molecule has 1 N–H and O–H groups in total. The van der Waals surface area contributed by atoms with Crippen LogP contribution in [0.5, 0.6) is 0 Å². The van der Waals surface area contributed by atoms with Crippen LogP contribution in [0.3, 0.4) is 0 Å². The molecule has 0 saturated heterocycles. The molecule has 0 fully saturated rings. The molecule has 0 saturated carbocycles. The van der Waals surface area contributed by atoms with E-state index in [1.54, 1.807) is 6.08 Å². The van der Waals surface area contributed by atoms with Crippen molar-refractivity contribution >= 4 is 28.8 Å². The smallest absolute Gasteiger partial charge is 0.226 e. The Bertz CT molecular complexity index is 577. The Morgan fingerprint density at radius 3 is 2.84 bits per heavy atom. The maximum atomic E-state index is 11.6. The Morgan fingerprint density at radius 1 is 1.42 bits per heavy atom.